The van der Waals surface area contributed by atoms with Gasteiger partial charge in [-0.1, -0.05) is 17.8 Å². The number of aryl methyl sites for hydroxylation is 2. The molecule has 0 unspecified atom stereocenters. The molecule has 0 atom stereocenters. The number of rotatable bonds is 4. The van der Waals surface area contributed by atoms with Gasteiger partial charge in [-0.3, -0.25) is 4.79 Å². The lowest BCUT2D eigenvalue weighted by atomic mass is 10.2. The number of halogens is 1. The average molecular weight is 341 g/mol. The summed E-state index contributed by atoms with van der Waals surface area (Å²) in [5.74, 6) is 0.362. The standard InChI is InChI=1S/C12H13BrN4OS/c1-3-4-9-10(19-17-16-9)12(18)15-11-7(2)5-8(13)6-14-11/h5-6H,3-4H2,1-2H3,(H,14,15,18). The van der Waals surface area contributed by atoms with Gasteiger partial charge in [0.25, 0.3) is 5.91 Å². The van der Waals surface area contributed by atoms with E-state index < -0.39 is 0 Å². The molecule has 0 aliphatic carbocycles. The van der Waals surface area contributed by atoms with Crippen LogP contribution in [0.5, 0.6) is 0 Å². The number of aromatic nitrogens is 3. The van der Waals surface area contributed by atoms with Crippen molar-refractivity contribution < 1.29 is 4.79 Å². The van der Waals surface area contributed by atoms with Gasteiger partial charge >= 0.3 is 0 Å². The molecule has 1 amide bonds. The molecular formula is C12H13BrN4OS. The summed E-state index contributed by atoms with van der Waals surface area (Å²) in [6.07, 6.45) is 3.34. The first kappa shape index (κ1) is 14.1. The third-order valence-electron chi connectivity index (χ3n) is 2.53. The van der Waals surface area contributed by atoms with E-state index >= 15 is 0 Å². The van der Waals surface area contributed by atoms with Gasteiger partial charge in [0, 0.05) is 10.7 Å². The molecule has 0 aromatic carbocycles. The Labute approximate surface area is 123 Å². The van der Waals surface area contributed by atoms with Crippen molar-refractivity contribution in [1.29, 1.82) is 0 Å². The second-order valence-corrected chi connectivity index (χ2v) is 5.74. The molecule has 5 nitrogen and oxygen atoms in total. The molecule has 2 aromatic rings. The normalized spacial score (nSPS) is 10.5. The van der Waals surface area contributed by atoms with Crippen LogP contribution in [0.15, 0.2) is 16.7 Å². The van der Waals surface area contributed by atoms with Gasteiger partial charge in [0.15, 0.2) is 0 Å². The van der Waals surface area contributed by atoms with Gasteiger partial charge in [-0.05, 0) is 52.4 Å². The molecule has 2 heterocycles. The molecule has 0 aliphatic heterocycles. The maximum Gasteiger partial charge on any atom is 0.270 e. The number of hydrogen-bond acceptors (Lipinski definition) is 5. The van der Waals surface area contributed by atoms with E-state index in [4.69, 9.17) is 0 Å². The molecule has 0 saturated carbocycles. The molecule has 100 valence electrons. The molecule has 1 N–H and O–H groups in total. The van der Waals surface area contributed by atoms with Crippen molar-refractivity contribution >= 4 is 39.2 Å². The Bertz CT molecular complexity index is 599. The summed E-state index contributed by atoms with van der Waals surface area (Å²) in [5, 5.41) is 6.78. The minimum absolute atomic E-state index is 0.198. The highest BCUT2D eigenvalue weighted by Gasteiger charge is 2.16. The van der Waals surface area contributed by atoms with Crippen LogP contribution in [0.1, 0.15) is 34.3 Å². The zero-order valence-electron chi connectivity index (χ0n) is 10.6. The van der Waals surface area contributed by atoms with Crippen molar-refractivity contribution in [2.24, 2.45) is 0 Å². The number of amides is 1. The number of anilines is 1. The molecule has 19 heavy (non-hydrogen) atoms. The third-order valence-corrected chi connectivity index (χ3v) is 3.73. The lowest BCUT2D eigenvalue weighted by molar-refractivity contribution is 0.102. The summed E-state index contributed by atoms with van der Waals surface area (Å²) in [6.45, 7) is 3.94. The highest BCUT2D eigenvalue weighted by atomic mass is 79.9. The second kappa shape index (κ2) is 6.21. The van der Waals surface area contributed by atoms with Crippen molar-refractivity contribution in [1.82, 2.24) is 14.6 Å². The van der Waals surface area contributed by atoms with Gasteiger partial charge in [0.2, 0.25) is 0 Å². The Balaban J connectivity index is 2.18. The number of nitrogens with zero attached hydrogens (tertiary/aromatic N) is 3. The van der Waals surface area contributed by atoms with E-state index in [9.17, 15) is 4.79 Å². The summed E-state index contributed by atoms with van der Waals surface area (Å²) in [6, 6.07) is 1.90. The number of carbonyl (C=O) groups is 1. The van der Waals surface area contributed by atoms with Gasteiger partial charge in [0.1, 0.15) is 10.7 Å². The van der Waals surface area contributed by atoms with Crippen LogP contribution in [0.2, 0.25) is 0 Å². The lowest BCUT2D eigenvalue weighted by Gasteiger charge is -2.06. The number of hydrogen-bond donors (Lipinski definition) is 1. The first-order chi connectivity index (χ1) is 9.11. The van der Waals surface area contributed by atoms with E-state index in [-0.39, 0.29) is 5.91 Å². The largest absolute Gasteiger partial charge is 0.306 e. The summed E-state index contributed by atoms with van der Waals surface area (Å²) in [4.78, 5) is 16.9. The lowest BCUT2D eigenvalue weighted by Crippen LogP contribution is -2.14. The van der Waals surface area contributed by atoms with E-state index in [0.29, 0.717) is 10.7 Å². The summed E-state index contributed by atoms with van der Waals surface area (Å²) in [7, 11) is 0. The zero-order chi connectivity index (χ0) is 13.8. The Kier molecular flexibility index (Phi) is 4.60. The number of carbonyl (C=O) groups excluding carboxylic acids is 1. The molecule has 2 rings (SSSR count). The predicted octanol–water partition coefficient (Wildman–Crippen LogP) is 3.21. The molecule has 0 spiro atoms. The van der Waals surface area contributed by atoms with Crippen molar-refractivity contribution in [3.63, 3.8) is 0 Å². The summed E-state index contributed by atoms with van der Waals surface area (Å²) in [5.41, 5.74) is 1.65. The molecule has 0 fully saturated rings. The van der Waals surface area contributed by atoms with Gasteiger partial charge in [-0.15, -0.1) is 5.10 Å². The van der Waals surface area contributed by atoms with E-state index in [1.165, 1.54) is 0 Å². The maximum absolute atomic E-state index is 12.2. The fourth-order valence-electron chi connectivity index (χ4n) is 1.62. The predicted molar refractivity (Wildman–Crippen MR) is 78.5 cm³/mol. The van der Waals surface area contributed by atoms with E-state index in [1.807, 2.05) is 19.9 Å². The Morgan fingerprint density at radius 2 is 2.32 bits per heavy atom. The van der Waals surface area contributed by atoms with Crippen molar-refractivity contribution in [2.45, 2.75) is 26.7 Å². The molecular weight excluding hydrogens is 328 g/mol. The first-order valence-electron chi connectivity index (χ1n) is 5.86. The smallest absolute Gasteiger partial charge is 0.270 e. The first-order valence-corrected chi connectivity index (χ1v) is 7.43. The SMILES string of the molecule is CCCc1nnsc1C(=O)Nc1ncc(Br)cc1C. The second-order valence-electron chi connectivity index (χ2n) is 4.07. The minimum Gasteiger partial charge on any atom is -0.306 e. The highest BCUT2D eigenvalue weighted by Crippen LogP contribution is 2.19. The Hall–Kier alpha value is -1.34. The van der Waals surface area contributed by atoms with Crippen LogP contribution in [0.4, 0.5) is 5.82 Å². The number of nitrogens with one attached hydrogen (secondary N) is 1. The summed E-state index contributed by atoms with van der Waals surface area (Å²) >= 11 is 4.46. The van der Waals surface area contributed by atoms with Gasteiger partial charge in [0.05, 0.1) is 5.69 Å². The van der Waals surface area contributed by atoms with Crippen LogP contribution in [-0.4, -0.2) is 20.5 Å². The van der Waals surface area contributed by atoms with Gasteiger partial charge in [-0.2, -0.15) is 0 Å². The summed E-state index contributed by atoms with van der Waals surface area (Å²) < 4.78 is 4.73. The molecule has 2 aromatic heterocycles. The molecule has 0 bridgehead atoms. The van der Waals surface area contributed by atoms with Gasteiger partial charge in [-0.25, -0.2) is 4.98 Å². The van der Waals surface area contributed by atoms with Crippen molar-refractivity contribution in [3.8, 4) is 0 Å². The van der Waals surface area contributed by atoms with E-state index in [2.05, 4.69) is 35.8 Å². The quantitative estimate of drug-likeness (QED) is 0.927. The highest BCUT2D eigenvalue weighted by molar-refractivity contribution is 9.10. The van der Waals surface area contributed by atoms with Crippen LogP contribution >= 0.6 is 27.5 Å². The maximum atomic E-state index is 12.2. The van der Waals surface area contributed by atoms with Gasteiger partial charge < -0.3 is 5.32 Å². The fourth-order valence-corrected chi connectivity index (χ4v) is 2.67. The van der Waals surface area contributed by atoms with E-state index in [1.54, 1.807) is 6.20 Å². The molecule has 0 radical (unpaired) electrons. The number of pyridine rings is 1. The molecule has 0 aliphatic rings. The van der Waals surface area contributed by atoms with Crippen LogP contribution in [-0.2, 0) is 6.42 Å². The third kappa shape index (κ3) is 3.36. The van der Waals surface area contributed by atoms with Crippen LogP contribution < -0.4 is 5.32 Å². The molecule has 0 saturated heterocycles. The van der Waals surface area contributed by atoms with Crippen LogP contribution in [0.25, 0.3) is 0 Å². The van der Waals surface area contributed by atoms with E-state index in [0.717, 1.165) is 40.1 Å². The average Bonchev–Trinajstić information content (AvgIpc) is 2.81. The molecule has 7 heteroatoms. The van der Waals surface area contributed by atoms with Crippen molar-refractivity contribution in [2.75, 3.05) is 5.32 Å². The minimum atomic E-state index is -0.198. The van der Waals surface area contributed by atoms with Crippen LogP contribution in [0, 0.1) is 6.92 Å². The van der Waals surface area contributed by atoms with Crippen molar-refractivity contribution in [3.05, 3.63) is 32.9 Å². The van der Waals surface area contributed by atoms with Crippen LogP contribution in [0.3, 0.4) is 0 Å². The zero-order valence-corrected chi connectivity index (χ0v) is 13.0. The fraction of sp³-hybridized carbons (Fsp3) is 0.333. The topological polar surface area (TPSA) is 67.8 Å². The monoisotopic (exact) mass is 340 g/mol. The Morgan fingerprint density at radius 1 is 1.53 bits per heavy atom. The Morgan fingerprint density at radius 3 is 3.00 bits per heavy atom.